The lowest BCUT2D eigenvalue weighted by Crippen LogP contribution is -2.55. The van der Waals surface area contributed by atoms with Crippen molar-refractivity contribution >= 4 is 17.7 Å². The van der Waals surface area contributed by atoms with E-state index in [-0.39, 0.29) is 41.2 Å². The van der Waals surface area contributed by atoms with E-state index in [4.69, 9.17) is 0 Å². The number of hydrogen-bond acceptors (Lipinski definition) is 3. The average molecular weight is 454 g/mol. The lowest BCUT2D eigenvalue weighted by Gasteiger charge is -2.36. The van der Waals surface area contributed by atoms with E-state index in [1.165, 1.54) is 12.1 Å². The Labute approximate surface area is 194 Å². The van der Waals surface area contributed by atoms with Gasteiger partial charge >= 0.3 is 0 Å². The number of hydrogen-bond donors (Lipinski definition) is 2. The number of likely N-dealkylation sites (tertiary alicyclic amines) is 1. The van der Waals surface area contributed by atoms with E-state index in [0.29, 0.717) is 31.5 Å². The number of halogens is 1. The van der Waals surface area contributed by atoms with Crippen LogP contribution in [0.15, 0.2) is 54.6 Å². The highest BCUT2D eigenvalue weighted by atomic mass is 19.1. The zero-order valence-corrected chi connectivity index (χ0v) is 19.4. The Morgan fingerprint density at radius 1 is 0.909 bits per heavy atom. The molecule has 2 unspecified atom stereocenters. The summed E-state index contributed by atoms with van der Waals surface area (Å²) in [6.45, 7) is 6.77. The van der Waals surface area contributed by atoms with Crippen LogP contribution in [0.1, 0.15) is 54.3 Å². The van der Waals surface area contributed by atoms with E-state index in [0.717, 1.165) is 0 Å². The van der Waals surface area contributed by atoms with Gasteiger partial charge in [-0.25, -0.2) is 4.39 Å². The molecule has 2 atom stereocenters. The van der Waals surface area contributed by atoms with Crippen molar-refractivity contribution in [3.8, 4) is 0 Å². The third kappa shape index (κ3) is 6.18. The average Bonchev–Trinajstić information content (AvgIpc) is 2.82. The van der Waals surface area contributed by atoms with Crippen LogP contribution in [0.4, 0.5) is 4.39 Å². The van der Waals surface area contributed by atoms with E-state index in [1.807, 2.05) is 26.8 Å². The van der Waals surface area contributed by atoms with Gasteiger partial charge in [0.25, 0.3) is 11.8 Å². The molecule has 176 valence electrons. The molecule has 1 fully saturated rings. The minimum atomic E-state index is -0.718. The summed E-state index contributed by atoms with van der Waals surface area (Å²) < 4.78 is 14.0. The second kappa shape index (κ2) is 11.1. The van der Waals surface area contributed by atoms with Gasteiger partial charge in [0, 0.05) is 24.7 Å². The zero-order chi connectivity index (χ0) is 24.0. The minimum Gasteiger partial charge on any atom is -0.352 e. The second-order valence-electron chi connectivity index (χ2n) is 8.97. The van der Waals surface area contributed by atoms with Crippen molar-refractivity contribution < 1.29 is 18.8 Å². The fourth-order valence-corrected chi connectivity index (χ4v) is 3.93. The van der Waals surface area contributed by atoms with E-state index in [1.54, 1.807) is 41.3 Å². The molecule has 3 rings (SSSR count). The molecule has 1 saturated heterocycles. The normalized spacial score (nSPS) is 16.2. The van der Waals surface area contributed by atoms with Gasteiger partial charge in [-0.15, -0.1) is 0 Å². The maximum Gasteiger partial charge on any atom is 0.256 e. The molecule has 6 nitrogen and oxygen atoms in total. The molecule has 1 heterocycles. The van der Waals surface area contributed by atoms with Crippen LogP contribution >= 0.6 is 0 Å². The van der Waals surface area contributed by atoms with Gasteiger partial charge in [0.2, 0.25) is 5.91 Å². The molecule has 3 amide bonds. The number of carbonyl (C=O) groups excluding carboxylic acids is 3. The number of rotatable bonds is 7. The van der Waals surface area contributed by atoms with Gasteiger partial charge in [0.1, 0.15) is 11.9 Å². The van der Waals surface area contributed by atoms with Gasteiger partial charge in [-0.3, -0.25) is 14.4 Å². The Balaban J connectivity index is 1.71. The maximum atomic E-state index is 14.0. The first-order chi connectivity index (χ1) is 15.8. The molecule has 33 heavy (non-hydrogen) atoms. The smallest absolute Gasteiger partial charge is 0.256 e. The predicted molar refractivity (Wildman–Crippen MR) is 125 cm³/mol. The SMILES string of the molecule is CC(C)C(C)NC(=O)C(NC(=O)c1ccccc1)C1CCN(C(=O)c2ccccc2F)CC1. The van der Waals surface area contributed by atoms with E-state index in [2.05, 4.69) is 10.6 Å². The minimum absolute atomic E-state index is 0.0450. The fraction of sp³-hybridized carbons (Fsp3) is 0.423. The fourth-order valence-electron chi connectivity index (χ4n) is 3.93. The van der Waals surface area contributed by atoms with Crippen molar-refractivity contribution in [3.63, 3.8) is 0 Å². The van der Waals surface area contributed by atoms with Gasteiger partial charge in [0.05, 0.1) is 5.56 Å². The van der Waals surface area contributed by atoms with Crippen LogP contribution in [0.25, 0.3) is 0 Å². The van der Waals surface area contributed by atoms with Crippen LogP contribution in [0.5, 0.6) is 0 Å². The number of carbonyl (C=O) groups is 3. The quantitative estimate of drug-likeness (QED) is 0.672. The van der Waals surface area contributed by atoms with Crippen LogP contribution < -0.4 is 10.6 Å². The van der Waals surface area contributed by atoms with Crippen LogP contribution in [0.2, 0.25) is 0 Å². The topological polar surface area (TPSA) is 78.5 Å². The first-order valence-corrected chi connectivity index (χ1v) is 11.5. The van der Waals surface area contributed by atoms with E-state index >= 15 is 0 Å². The maximum absolute atomic E-state index is 14.0. The van der Waals surface area contributed by atoms with Crippen LogP contribution in [-0.4, -0.2) is 47.8 Å². The molecule has 7 heteroatoms. The predicted octanol–water partition coefficient (Wildman–Crippen LogP) is 3.64. The van der Waals surface area contributed by atoms with Crippen LogP contribution in [0.3, 0.4) is 0 Å². The standard InChI is InChI=1S/C26H32FN3O3/c1-17(2)18(3)28-25(32)23(29-24(31)20-9-5-4-6-10-20)19-13-15-30(16-14-19)26(33)21-11-7-8-12-22(21)27/h4-12,17-19,23H,13-16H2,1-3H3,(H,28,32)(H,29,31). The Kier molecular flexibility index (Phi) is 8.20. The van der Waals surface area contributed by atoms with Gasteiger partial charge < -0.3 is 15.5 Å². The van der Waals surface area contributed by atoms with Crippen LogP contribution in [0, 0.1) is 17.7 Å². The van der Waals surface area contributed by atoms with Crippen molar-refractivity contribution in [1.82, 2.24) is 15.5 Å². The summed E-state index contributed by atoms with van der Waals surface area (Å²) in [5.41, 5.74) is 0.535. The first-order valence-electron chi connectivity index (χ1n) is 11.5. The molecule has 2 N–H and O–H groups in total. The highest BCUT2D eigenvalue weighted by Gasteiger charge is 2.35. The molecule has 0 saturated carbocycles. The van der Waals surface area contributed by atoms with Crippen molar-refractivity contribution in [2.24, 2.45) is 11.8 Å². The highest BCUT2D eigenvalue weighted by molar-refractivity contribution is 5.97. The van der Waals surface area contributed by atoms with Gasteiger partial charge in [-0.05, 0) is 55.9 Å². The lowest BCUT2D eigenvalue weighted by atomic mass is 9.87. The monoisotopic (exact) mass is 453 g/mol. The molecular formula is C26H32FN3O3. The summed E-state index contributed by atoms with van der Waals surface area (Å²) in [6.07, 6.45) is 1.06. The number of amides is 3. The molecule has 1 aliphatic rings. The summed E-state index contributed by atoms with van der Waals surface area (Å²) in [6, 6.07) is 14.0. The Morgan fingerprint density at radius 2 is 1.52 bits per heavy atom. The summed E-state index contributed by atoms with van der Waals surface area (Å²) in [5.74, 6) is -1.31. The summed E-state index contributed by atoms with van der Waals surface area (Å²) in [7, 11) is 0. The third-order valence-corrected chi connectivity index (χ3v) is 6.38. The zero-order valence-electron chi connectivity index (χ0n) is 19.4. The molecular weight excluding hydrogens is 421 g/mol. The largest absolute Gasteiger partial charge is 0.352 e. The number of piperidine rings is 1. The Hall–Kier alpha value is -3.22. The van der Waals surface area contributed by atoms with Gasteiger partial charge in [0.15, 0.2) is 0 Å². The molecule has 0 bridgehead atoms. The Morgan fingerprint density at radius 3 is 2.12 bits per heavy atom. The summed E-state index contributed by atoms with van der Waals surface area (Å²) in [4.78, 5) is 40.3. The molecule has 0 spiro atoms. The highest BCUT2D eigenvalue weighted by Crippen LogP contribution is 2.24. The lowest BCUT2D eigenvalue weighted by molar-refractivity contribution is -0.125. The number of nitrogens with one attached hydrogen (secondary N) is 2. The first kappa shape index (κ1) is 24.4. The van der Waals surface area contributed by atoms with Crippen molar-refractivity contribution in [2.75, 3.05) is 13.1 Å². The van der Waals surface area contributed by atoms with Crippen molar-refractivity contribution in [1.29, 1.82) is 0 Å². The van der Waals surface area contributed by atoms with E-state index < -0.39 is 11.9 Å². The number of nitrogens with zero attached hydrogens (tertiary/aromatic N) is 1. The second-order valence-corrected chi connectivity index (χ2v) is 8.97. The third-order valence-electron chi connectivity index (χ3n) is 6.38. The number of benzene rings is 2. The molecule has 0 aliphatic carbocycles. The summed E-state index contributed by atoms with van der Waals surface area (Å²) in [5, 5.41) is 5.93. The molecule has 0 radical (unpaired) electrons. The van der Waals surface area contributed by atoms with Crippen molar-refractivity contribution in [3.05, 3.63) is 71.5 Å². The van der Waals surface area contributed by atoms with Crippen LogP contribution in [-0.2, 0) is 4.79 Å². The molecule has 2 aromatic rings. The molecule has 1 aliphatic heterocycles. The summed E-state index contributed by atoms with van der Waals surface area (Å²) >= 11 is 0. The van der Waals surface area contributed by atoms with E-state index in [9.17, 15) is 18.8 Å². The molecule has 2 aromatic carbocycles. The van der Waals surface area contributed by atoms with Gasteiger partial charge in [-0.1, -0.05) is 44.2 Å². The van der Waals surface area contributed by atoms with Crippen molar-refractivity contribution in [2.45, 2.75) is 45.7 Å². The Bertz CT molecular complexity index is 972. The van der Waals surface area contributed by atoms with Gasteiger partial charge in [-0.2, -0.15) is 0 Å². The molecule has 0 aromatic heterocycles.